The third-order valence-electron chi connectivity index (χ3n) is 4.76. The van der Waals surface area contributed by atoms with Crippen LogP contribution >= 0.6 is 23.2 Å². The van der Waals surface area contributed by atoms with Gasteiger partial charge in [-0.25, -0.2) is 0 Å². The zero-order chi connectivity index (χ0) is 16.2. The van der Waals surface area contributed by atoms with Crippen LogP contribution in [-0.4, -0.2) is 54.5 Å². The van der Waals surface area contributed by atoms with Gasteiger partial charge in [-0.3, -0.25) is 9.69 Å². The molecule has 6 heteroatoms. The number of halogens is 2. The molecule has 126 valence electrons. The smallest absolute Gasteiger partial charge is 0.260 e. The molecule has 1 aromatic carbocycles. The molecule has 1 saturated heterocycles. The molecular formula is C17H22Cl2N2O2. The van der Waals surface area contributed by atoms with E-state index in [9.17, 15) is 4.79 Å². The van der Waals surface area contributed by atoms with Crippen LogP contribution < -0.4 is 4.74 Å². The van der Waals surface area contributed by atoms with Gasteiger partial charge in [0.1, 0.15) is 5.75 Å². The van der Waals surface area contributed by atoms with Gasteiger partial charge in [0, 0.05) is 38.3 Å². The van der Waals surface area contributed by atoms with Gasteiger partial charge in [0.25, 0.3) is 5.91 Å². The Kier molecular flexibility index (Phi) is 5.67. The zero-order valence-electron chi connectivity index (χ0n) is 13.1. The molecule has 0 aromatic heterocycles. The molecule has 4 nitrogen and oxygen atoms in total. The molecule has 1 amide bonds. The molecule has 0 unspecified atom stereocenters. The van der Waals surface area contributed by atoms with Gasteiger partial charge in [-0.1, -0.05) is 36.0 Å². The van der Waals surface area contributed by atoms with Gasteiger partial charge < -0.3 is 9.64 Å². The second kappa shape index (κ2) is 7.73. The Labute approximate surface area is 147 Å². The van der Waals surface area contributed by atoms with Crippen molar-refractivity contribution in [2.75, 3.05) is 32.8 Å². The van der Waals surface area contributed by atoms with Crippen molar-refractivity contribution in [2.24, 2.45) is 0 Å². The van der Waals surface area contributed by atoms with Gasteiger partial charge in [0.05, 0.1) is 10.0 Å². The minimum absolute atomic E-state index is 0.0298. The third kappa shape index (κ3) is 4.31. The number of piperazine rings is 1. The van der Waals surface area contributed by atoms with Crippen LogP contribution in [0.25, 0.3) is 0 Å². The maximum absolute atomic E-state index is 12.3. The van der Waals surface area contributed by atoms with E-state index in [0.29, 0.717) is 15.8 Å². The average molecular weight is 357 g/mol. The summed E-state index contributed by atoms with van der Waals surface area (Å²) in [5.41, 5.74) is 0. The highest BCUT2D eigenvalue weighted by molar-refractivity contribution is 6.42. The second-order valence-electron chi connectivity index (χ2n) is 6.22. The SMILES string of the molecule is O=C(COc1ccc(Cl)c(Cl)c1)N1CCN(C2CCCC2)CC1. The molecule has 0 bridgehead atoms. The van der Waals surface area contributed by atoms with Gasteiger partial charge >= 0.3 is 0 Å². The van der Waals surface area contributed by atoms with Crippen LogP contribution in [0.1, 0.15) is 25.7 Å². The van der Waals surface area contributed by atoms with Crippen molar-refractivity contribution in [3.63, 3.8) is 0 Å². The van der Waals surface area contributed by atoms with Crippen molar-refractivity contribution in [3.05, 3.63) is 28.2 Å². The highest BCUT2D eigenvalue weighted by atomic mass is 35.5. The maximum Gasteiger partial charge on any atom is 0.260 e. The molecule has 0 N–H and O–H groups in total. The molecule has 0 spiro atoms. The number of carbonyl (C=O) groups excluding carboxylic acids is 1. The van der Waals surface area contributed by atoms with E-state index in [4.69, 9.17) is 27.9 Å². The first-order chi connectivity index (χ1) is 11.1. The summed E-state index contributed by atoms with van der Waals surface area (Å²) in [5.74, 6) is 0.597. The fourth-order valence-electron chi connectivity index (χ4n) is 3.41. The van der Waals surface area contributed by atoms with E-state index in [0.717, 1.165) is 32.2 Å². The van der Waals surface area contributed by atoms with Gasteiger partial charge in [-0.2, -0.15) is 0 Å². The van der Waals surface area contributed by atoms with E-state index in [1.807, 2.05) is 4.90 Å². The van der Waals surface area contributed by atoms with E-state index in [1.165, 1.54) is 25.7 Å². The van der Waals surface area contributed by atoms with Gasteiger partial charge in [-0.15, -0.1) is 0 Å². The lowest BCUT2D eigenvalue weighted by Crippen LogP contribution is -2.52. The summed E-state index contributed by atoms with van der Waals surface area (Å²) in [7, 11) is 0. The monoisotopic (exact) mass is 356 g/mol. The summed E-state index contributed by atoms with van der Waals surface area (Å²) in [6.45, 7) is 3.58. The molecular weight excluding hydrogens is 335 g/mol. The highest BCUT2D eigenvalue weighted by Gasteiger charge is 2.27. The minimum atomic E-state index is 0.0298. The van der Waals surface area contributed by atoms with Crippen molar-refractivity contribution in [2.45, 2.75) is 31.7 Å². The minimum Gasteiger partial charge on any atom is -0.484 e. The highest BCUT2D eigenvalue weighted by Crippen LogP contribution is 2.26. The molecule has 23 heavy (non-hydrogen) atoms. The Morgan fingerprint density at radius 2 is 1.78 bits per heavy atom. The van der Waals surface area contributed by atoms with Gasteiger partial charge in [0.15, 0.2) is 6.61 Å². The Hall–Kier alpha value is -0.970. The fraction of sp³-hybridized carbons (Fsp3) is 0.588. The van der Waals surface area contributed by atoms with Crippen LogP contribution in [-0.2, 0) is 4.79 Å². The third-order valence-corrected chi connectivity index (χ3v) is 5.50. The lowest BCUT2D eigenvalue weighted by Gasteiger charge is -2.38. The largest absolute Gasteiger partial charge is 0.484 e. The Morgan fingerprint density at radius 1 is 1.09 bits per heavy atom. The second-order valence-corrected chi connectivity index (χ2v) is 7.03. The van der Waals surface area contributed by atoms with Crippen LogP contribution in [0.15, 0.2) is 18.2 Å². The fourth-order valence-corrected chi connectivity index (χ4v) is 3.70. The van der Waals surface area contributed by atoms with Crippen LogP contribution in [0, 0.1) is 0 Å². The van der Waals surface area contributed by atoms with Crippen LogP contribution in [0.2, 0.25) is 10.0 Å². The topological polar surface area (TPSA) is 32.8 Å². The molecule has 1 aromatic rings. The summed E-state index contributed by atoms with van der Waals surface area (Å²) in [6, 6.07) is 5.76. The van der Waals surface area contributed by atoms with Crippen molar-refractivity contribution >= 4 is 29.1 Å². The predicted octanol–water partition coefficient (Wildman–Crippen LogP) is 3.46. The zero-order valence-corrected chi connectivity index (χ0v) is 14.7. The number of amides is 1. The normalized spacial score (nSPS) is 20.0. The van der Waals surface area contributed by atoms with Crippen molar-refractivity contribution in [1.29, 1.82) is 0 Å². The summed E-state index contributed by atoms with van der Waals surface area (Å²) in [6.07, 6.45) is 5.32. The molecule has 1 aliphatic heterocycles. The standard InChI is InChI=1S/C17H22Cl2N2O2/c18-15-6-5-14(11-16(15)19)23-12-17(22)21-9-7-20(8-10-21)13-3-1-2-4-13/h5-6,11,13H,1-4,7-10,12H2. The van der Waals surface area contributed by atoms with Crippen LogP contribution in [0.3, 0.4) is 0 Å². The molecule has 1 heterocycles. The van der Waals surface area contributed by atoms with E-state index >= 15 is 0 Å². The van der Waals surface area contributed by atoms with Crippen molar-refractivity contribution in [1.82, 2.24) is 9.80 Å². The number of hydrogen-bond donors (Lipinski definition) is 0. The van der Waals surface area contributed by atoms with Crippen molar-refractivity contribution in [3.8, 4) is 5.75 Å². The van der Waals surface area contributed by atoms with Crippen LogP contribution in [0.4, 0.5) is 0 Å². The number of carbonyl (C=O) groups is 1. The summed E-state index contributed by atoms with van der Waals surface area (Å²) in [4.78, 5) is 16.7. The molecule has 2 aliphatic rings. The lowest BCUT2D eigenvalue weighted by atomic mass is 10.2. The number of hydrogen-bond acceptors (Lipinski definition) is 3. The predicted molar refractivity (Wildman–Crippen MR) is 92.4 cm³/mol. The molecule has 2 fully saturated rings. The van der Waals surface area contributed by atoms with Gasteiger partial charge in [0.2, 0.25) is 0 Å². The van der Waals surface area contributed by atoms with Crippen molar-refractivity contribution < 1.29 is 9.53 Å². The van der Waals surface area contributed by atoms with E-state index < -0.39 is 0 Å². The Morgan fingerprint density at radius 3 is 2.43 bits per heavy atom. The Bertz CT molecular complexity index is 554. The quantitative estimate of drug-likeness (QED) is 0.827. The van der Waals surface area contributed by atoms with E-state index in [-0.39, 0.29) is 12.5 Å². The first-order valence-electron chi connectivity index (χ1n) is 8.23. The summed E-state index contributed by atoms with van der Waals surface area (Å²) < 4.78 is 5.54. The van der Waals surface area contributed by atoms with E-state index in [2.05, 4.69) is 4.90 Å². The number of benzene rings is 1. The first-order valence-corrected chi connectivity index (χ1v) is 8.99. The molecule has 3 rings (SSSR count). The summed E-state index contributed by atoms with van der Waals surface area (Å²) >= 11 is 11.8. The lowest BCUT2D eigenvalue weighted by molar-refractivity contribution is -0.135. The Balaban J connectivity index is 1.44. The van der Waals surface area contributed by atoms with Gasteiger partial charge in [-0.05, 0) is 25.0 Å². The number of ether oxygens (including phenoxy) is 1. The molecule has 0 radical (unpaired) electrons. The summed E-state index contributed by atoms with van der Waals surface area (Å²) in [5, 5.41) is 0.912. The average Bonchev–Trinajstić information content (AvgIpc) is 3.10. The molecule has 0 atom stereocenters. The maximum atomic E-state index is 12.3. The van der Waals surface area contributed by atoms with E-state index in [1.54, 1.807) is 18.2 Å². The molecule has 1 aliphatic carbocycles. The first kappa shape index (κ1) is 16.9. The molecule has 1 saturated carbocycles. The van der Waals surface area contributed by atoms with Crippen LogP contribution in [0.5, 0.6) is 5.75 Å². The number of rotatable bonds is 4. The number of nitrogens with zero attached hydrogens (tertiary/aromatic N) is 2.